The first-order valence-electron chi connectivity index (χ1n) is 6.59. The minimum atomic E-state index is 0.445. The van der Waals surface area contributed by atoms with Crippen LogP contribution in [0.1, 0.15) is 22.5 Å². The predicted molar refractivity (Wildman–Crippen MR) is 82.3 cm³/mol. The van der Waals surface area contributed by atoms with Gasteiger partial charge in [0.15, 0.2) is 0 Å². The summed E-state index contributed by atoms with van der Waals surface area (Å²) in [5.74, 6) is 0.793. The molecule has 0 saturated heterocycles. The van der Waals surface area contributed by atoms with E-state index in [-0.39, 0.29) is 0 Å². The molecular formula is C16H19ClN2O. The van der Waals surface area contributed by atoms with Crippen LogP contribution in [0.15, 0.2) is 30.3 Å². The first-order valence-corrected chi connectivity index (χ1v) is 6.97. The van der Waals surface area contributed by atoms with Crippen LogP contribution >= 0.6 is 11.6 Å². The molecule has 0 spiro atoms. The number of benzene rings is 1. The lowest BCUT2D eigenvalue weighted by molar-refractivity contribution is 0.300. The molecule has 0 unspecified atom stereocenters. The molecule has 1 N–H and O–H groups in total. The van der Waals surface area contributed by atoms with Gasteiger partial charge in [0.2, 0.25) is 0 Å². The van der Waals surface area contributed by atoms with Crippen molar-refractivity contribution in [2.75, 3.05) is 7.05 Å². The third-order valence-corrected chi connectivity index (χ3v) is 3.36. The van der Waals surface area contributed by atoms with Crippen LogP contribution in [0.5, 0.6) is 5.75 Å². The maximum absolute atomic E-state index is 6.21. The maximum atomic E-state index is 6.21. The van der Waals surface area contributed by atoms with Crippen molar-refractivity contribution in [3.05, 3.63) is 57.9 Å². The quantitative estimate of drug-likeness (QED) is 0.913. The molecule has 2 rings (SSSR count). The second-order valence-corrected chi connectivity index (χ2v) is 5.22. The van der Waals surface area contributed by atoms with Crippen LogP contribution < -0.4 is 10.1 Å². The lowest BCUT2D eigenvalue weighted by atomic mass is 10.1. The number of hydrogen-bond donors (Lipinski definition) is 1. The predicted octanol–water partition coefficient (Wildman–Crippen LogP) is 3.65. The molecule has 0 radical (unpaired) electrons. The molecular weight excluding hydrogens is 272 g/mol. The van der Waals surface area contributed by atoms with Gasteiger partial charge in [0.25, 0.3) is 0 Å². The van der Waals surface area contributed by atoms with Crippen LogP contribution in [0.2, 0.25) is 5.02 Å². The van der Waals surface area contributed by atoms with Crippen molar-refractivity contribution in [1.29, 1.82) is 0 Å². The van der Waals surface area contributed by atoms with Crippen LogP contribution in [-0.2, 0) is 13.2 Å². The second kappa shape index (κ2) is 6.73. The average Bonchev–Trinajstić information content (AvgIpc) is 2.40. The molecule has 3 nitrogen and oxygen atoms in total. The summed E-state index contributed by atoms with van der Waals surface area (Å²) in [6.07, 6.45) is 0. The summed E-state index contributed by atoms with van der Waals surface area (Å²) in [5.41, 5.74) is 4.02. The van der Waals surface area contributed by atoms with Gasteiger partial charge in [0.05, 0.1) is 5.69 Å². The van der Waals surface area contributed by atoms with Crippen molar-refractivity contribution in [3.63, 3.8) is 0 Å². The van der Waals surface area contributed by atoms with Gasteiger partial charge in [0.1, 0.15) is 12.4 Å². The van der Waals surface area contributed by atoms with Crippen molar-refractivity contribution in [2.24, 2.45) is 0 Å². The third-order valence-electron chi connectivity index (χ3n) is 3.01. The van der Waals surface area contributed by atoms with Crippen LogP contribution in [0.3, 0.4) is 0 Å². The van der Waals surface area contributed by atoms with Gasteiger partial charge in [-0.25, -0.2) is 0 Å². The standard InChI is InChI=1S/C16H19ClN2O/c1-11-4-6-13(14(17)8-11)10-20-16-7-5-12(2)19-15(16)9-18-3/h4-8,18H,9-10H2,1-3H3. The molecule has 0 amide bonds. The average molecular weight is 291 g/mol. The van der Waals surface area contributed by atoms with Gasteiger partial charge < -0.3 is 10.1 Å². The number of nitrogens with one attached hydrogen (secondary N) is 1. The second-order valence-electron chi connectivity index (χ2n) is 4.81. The lowest BCUT2D eigenvalue weighted by Gasteiger charge is -2.12. The highest BCUT2D eigenvalue weighted by atomic mass is 35.5. The van der Waals surface area contributed by atoms with Crippen molar-refractivity contribution >= 4 is 11.6 Å². The number of ether oxygens (including phenoxy) is 1. The molecule has 1 aromatic carbocycles. The monoisotopic (exact) mass is 290 g/mol. The van der Waals surface area contributed by atoms with Crippen LogP contribution in [-0.4, -0.2) is 12.0 Å². The van der Waals surface area contributed by atoms with E-state index in [1.807, 2.05) is 51.2 Å². The minimum Gasteiger partial charge on any atom is -0.487 e. The molecule has 0 fully saturated rings. The number of halogens is 1. The highest BCUT2D eigenvalue weighted by Gasteiger charge is 2.07. The maximum Gasteiger partial charge on any atom is 0.142 e. The van der Waals surface area contributed by atoms with Gasteiger partial charge in [0, 0.05) is 22.8 Å². The van der Waals surface area contributed by atoms with Gasteiger partial charge in [-0.15, -0.1) is 0 Å². The molecule has 0 aliphatic carbocycles. The summed E-state index contributed by atoms with van der Waals surface area (Å²) >= 11 is 6.21. The zero-order chi connectivity index (χ0) is 14.5. The molecule has 20 heavy (non-hydrogen) atoms. The van der Waals surface area contributed by atoms with Gasteiger partial charge >= 0.3 is 0 Å². The Balaban J connectivity index is 2.14. The normalized spacial score (nSPS) is 10.6. The van der Waals surface area contributed by atoms with E-state index in [0.29, 0.717) is 13.2 Å². The van der Waals surface area contributed by atoms with Crippen molar-refractivity contribution in [1.82, 2.24) is 10.3 Å². The van der Waals surface area contributed by atoms with E-state index < -0.39 is 0 Å². The van der Waals surface area contributed by atoms with Crippen molar-refractivity contribution < 1.29 is 4.74 Å². The molecule has 1 heterocycles. The molecule has 1 aromatic heterocycles. The highest BCUT2D eigenvalue weighted by molar-refractivity contribution is 6.31. The number of pyridine rings is 1. The van der Waals surface area contributed by atoms with Crippen LogP contribution in [0.25, 0.3) is 0 Å². The first kappa shape index (κ1) is 14.8. The van der Waals surface area contributed by atoms with E-state index in [1.54, 1.807) is 0 Å². The van der Waals surface area contributed by atoms with Gasteiger partial charge in [-0.1, -0.05) is 23.7 Å². The Kier molecular flexibility index (Phi) is 4.99. The summed E-state index contributed by atoms with van der Waals surface area (Å²) in [4.78, 5) is 4.49. The summed E-state index contributed by atoms with van der Waals surface area (Å²) in [6.45, 7) is 5.12. The highest BCUT2D eigenvalue weighted by Crippen LogP contribution is 2.22. The van der Waals surface area contributed by atoms with Crippen molar-refractivity contribution in [2.45, 2.75) is 27.0 Å². The van der Waals surface area contributed by atoms with Crippen LogP contribution in [0, 0.1) is 13.8 Å². The molecule has 4 heteroatoms. The zero-order valence-electron chi connectivity index (χ0n) is 12.0. The Morgan fingerprint density at radius 1 is 1.20 bits per heavy atom. The lowest BCUT2D eigenvalue weighted by Crippen LogP contribution is -2.10. The molecule has 106 valence electrons. The number of hydrogen-bond acceptors (Lipinski definition) is 3. The molecule has 0 bridgehead atoms. The fourth-order valence-corrected chi connectivity index (χ4v) is 2.24. The molecule has 2 aromatic rings. The summed E-state index contributed by atoms with van der Waals surface area (Å²) in [6, 6.07) is 9.88. The number of rotatable bonds is 5. The van der Waals surface area contributed by atoms with Gasteiger partial charge in [-0.3, -0.25) is 4.98 Å². The Morgan fingerprint density at radius 3 is 2.70 bits per heavy atom. The minimum absolute atomic E-state index is 0.445. The van der Waals surface area contributed by atoms with E-state index in [0.717, 1.165) is 33.3 Å². The third kappa shape index (κ3) is 3.71. The van der Waals surface area contributed by atoms with Crippen LogP contribution in [0.4, 0.5) is 0 Å². The summed E-state index contributed by atoms with van der Waals surface area (Å²) < 4.78 is 5.86. The fourth-order valence-electron chi connectivity index (χ4n) is 1.95. The Bertz CT molecular complexity index is 599. The van der Waals surface area contributed by atoms with Gasteiger partial charge in [-0.05, 0) is 44.7 Å². The topological polar surface area (TPSA) is 34.2 Å². The fraction of sp³-hybridized carbons (Fsp3) is 0.312. The molecule has 0 atom stereocenters. The van der Waals surface area contributed by atoms with E-state index in [9.17, 15) is 0 Å². The number of aromatic nitrogens is 1. The summed E-state index contributed by atoms with van der Waals surface area (Å²) in [5, 5.41) is 3.84. The Hall–Kier alpha value is -1.58. The Morgan fingerprint density at radius 2 is 2.00 bits per heavy atom. The first-order chi connectivity index (χ1) is 9.60. The van der Waals surface area contributed by atoms with E-state index in [1.165, 1.54) is 0 Å². The number of aryl methyl sites for hydroxylation is 2. The molecule has 0 aliphatic rings. The summed E-state index contributed by atoms with van der Waals surface area (Å²) in [7, 11) is 1.89. The Labute approximate surface area is 124 Å². The molecule has 0 saturated carbocycles. The largest absolute Gasteiger partial charge is 0.487 e. The van der Waals surface area contributed by atoms with E-state index in [2.05, 4.69) is 10.3 Å². The van der Waals surface area contributed by atoms with E-state index >= 15 is 0 Å². The zero-order valence-corrected chi connectivity index (χ0v) is 12.8. The van der Waals surface area contributed by atoms with Gasteiger partial charge in [-0.2, -0.15) is 0 Å². The van der Waals surface area contributed by atoms with E-state index in [4.69, 9.17) is 16.3 Å². The van der Waals surface area contributed by atoms with Crippen molar-refractivity contribution in [3.8, 4) is 5.75 Å². The number of nitrogens with zero attached hydrogens (tertiary/aromatic N) is 1. The smallest absolute Gasteiger partial charge is 0.142 e. The SMILES string of the molecule is CNCc1nc(C)ccc1OCc1ccc(C)cc1Cl. The molecule has 0 aliphatic heterocycles.